The van der Waals surface area contributed by atoms with Crippen molar-refractivity contribution in [2.75, 3.05) is 6.54 Å². The summed E-state index contributed by atoms with van der Waals surface area (Å²) in [6.07, 6.45) is 0. The maximum atomic E-state index is 13.2. The molecule has 0 saturated carbocycles. The lowest BCUT2D eigenvalue weighted by molar-refractivity contribution is -0.139. The van der Waals surface area contributed by atoms with Crippen LogP contribution in [0.1, 0.15) is 18.5 Å². The number of carboxylic acids is 1. The lowest BCUT2D eigenvalue weighted by Crippen LogP contribution is -2.28. The molecule has 0 fully saturated rings. The van der Waals surface area contributed by atoms with Gasteiger partial charge in [0.25, 0.3) is 0 Å². The van der Waals surface area contributed by atoms with Gasteiger partial charge in [-0.1, -0.05) is 25.1 Å². The molecule has 0 radical (unpaired) electrons. The molecular weight excluding hydrogens is 185 g/mol. The Balaban J connectivity index is 2.99. The van der Waals surface area contributed by atoms with Crippen LogP contribution in [0.3, 0.4) is 0 Å². The van der Waals surface area contributed by atoms with Gasteiger partial charge < -0.3 is 10.4 Å². The van der Waals surface area contributed by atoms with Crippen molar-refractivity contribution in [1.29, 1.82) is 0 Å². The van der Waals surface area contributed by atoms with Gasteiger partial charge in [0, 0.05) is 5.56 Å². The molecule has 1 rings (SSSR count). The fourth-order valence-electron chi connectivity index (χ4n) is 1.24. The first kappa shape index (κ1) is 10.7. The smallest absolute Gasteiger partial charge is 0.325 e. The molecule has 0 bridgehead atoms. The molecule has 1 unspecified atom stereocenters. The second kappa shape index (κ2) is 4.72. The van der Waals surface area contributed by atoms with Crippen molar-refractivity contribution < 1.29 is 14.3 Å². The van der Waals surface area contributed by atoms with Crippen molar-refractivity contribution in [3.05, 3.63) is 35.6 Å². The van der Waals surface area contributed by atoms with Crippen molar-refractivity contribution in [1.82, 2.24) is 5.32 Å². The van der Waals surface area contributed by atoms with E-state index in [-0.39, 0.29) is 5.56 Å². The van der Waals surface area contributed by atoms with Gasteiger partial charge in [-0.25, -0.2) is 4.39 Å². The van der Waals surface area contributed by atoms with E-state index in [0.717, 1.165) is 0 Å². The van der Waals surface area contributed by atoms with Crippen LogP contribution in [0.25, 0.3) is 0 Å². The molecule has 0 aromatic heterocycles. The third-order valence-electron chi connectivity index (χ3n) is 1.87. The number of benzene rings is 1. The van der Waals surface area contributed by atoms with Crippen LogP contribution in [0, 0.1) is 5.82 Å². The van der Waals surface area contributed by atoms with E-state index >= 15 is 0 Å². The Morgan fingerprint density at radius 1 is 1.57 bits per heavy atom. The molecule has 2 N–H and O–H groups in total. The lowest BCUT2D eigenvalue weighted by atomic mass is 10.1. The molecular formula is C10H12FNO2. The minimum Gasteiger partial charge on any atom is -0.480 e. The molecule has 0 aliphatic heterocycles. The quantitative estimate of drug-likeness (QED) is 0.770. The lowest BCUT2D eigenvalue weighted by Gasteiger charge is -2.13. The van der Waals surface area contributed by atoms with Crippen molar-refractivity contribution in [2.24, 2.45) is 0 Å². The van der Waals surface area contributed by atoms with E-state index in [1.807, 2.05) is 0 Å². The standard InChI is InChI=1S/C10H12FNO2/c1-2-12-9(10(13)14)7-5-3-4-6-8(7)11/h3-6,9,12H,2H2,1H3,(H,13,14). The molecule has 0 aliphatic carbocycles. The third kappa shape index (κ3) is 2.29. The summed E-state index contributed by atoms with van der Waals surface area (Å²) >= 11 is 0. The monoisotopic (exact) mass is 197 g/mol. The average Bonchev–Trinajstić information content (AvgIpc) is 2.15. The van der Waals surface area contributed by atoms with Gasteiger partial charge in [-0.05, 0) is 12.6 Å². The second-order valence-electron chi connectivity index (χ2n) is 2.85. The molecule has 1 aromatic rings. The Hall–Kier alpha value is -1.42. The van der Waals surface area contributed by atoms with Gasteiger partial charge in [-0.15, -0.1) is 0 Å². The van der Waals surface area contributed by atoms with Gasteiger partial charge in [0.15, 0.2) is 0 Å². The molecule has 0 aliphatic rings. The number of nitrogens with one attached hydrogen (secondary N) is 1. The van der Waals surface area contributed by atoms with Crippen LogP contribution >= 0.6 is 0 Å². The zero-order valence-electron chi connectivity index (χ0n) is 7.83. The van der Waals surface area contributed by atoms with Crippen LogP contribution < -0.4 is 5.32 Å². The van der Waals surface area contributed by atoms with E-state index in [4.69, 9.17) is 5.11 Å². The topological polar surface area (TPSA) is 49.3 Å². The summed E-state index contributed by atoms with van der Waals surface area (Å²) in [6.45, 7) is 2.25. The van der Waals surface area contributed by atoms with Gasteiger partial charge in [0.2, 0.25) is 0 Å². The number of hydrogen-bond donors (Lipinski definition) is 2. The normalized spacial score (nSPS) is 12.4. The SMILES string of the molecule is CCNC(C(=O)O)c1ccccc1F. The maximum absolute atomic E-state index is 13.2. The highest BCUT2D eigenvalue weighted by molar-refractivity contribution is 5.75. The summed E-state index contributed by atoms with van der Waals surface area (Å²) < 4.78 is 13.2. The largest absolute Gasteiger partial charge is 0.480 e. The van der Waals surface area contributed by atoms with Crippen molar-refractivity contribution >= 4 is 5.97 Å². The highest BCUT2D eigenvalue weighted by Crippen LogP contribution is 2.16. The van der Waals surface area contributed by atoms with Crippen molar-refractivity contribution in [3.63, 3.8) is 0 Å². The van der Waals surface area contributed by atoms with Gasteiger partial charge in [-0.3, -0.25) is 4.79 Å². The fourth-order valence-corrected chi connectivity index (χ4v) is 1.24. The number of hydrogen-bond acceptors (Lipinski definition) is 2. The molecule has 3 nitrogen and oxygen atoms in total. The van der Waals surface area contributed by atoms with E-state index in [2.05, 4.69) is 5.32 Å². The molecule has 14 heavy (non-hydrogen) atoms. The highest BCUT2D eigenvalue weighted by Gasteiger charge is 2.21. The van der Waals surface area contributed by atoms with E-state index in [1.165, 1.54) is 18.2 Å². The van der Waals surface area contributed by atoms with Crippen LogP contribution in [0.15, 0.2) is 24.3 Å². The van der Waals surface area contributed by atoms with E-state index in [1.54, 1.807) is 13.0 Å². The van der Waals surface area contributed by atoms with Gasteiger partial charge >= 0.3 is 5.97 Å². The Morgan fingerprint density at radius 2 is 2.21 bits per heavy atom. The number of halogens is 1. The number of likely N-dealkylation sites (N-methyl/N-ethyl adjacent to an activating group) is 1. The summed E-state index contributed by atoms with van der Waals surface area (Å²) in [4.78, 5) is 10.8. The first-order valence-corrected chi connectivity index (χ1v) is 4.37. The van der Waals surface area contributed by atoms with Gasteiger partial charge in [-0.2, -0.15) is 0 Å². The van der Waals surface area contributed by atoms with E-state index in [9.17, 15) is 9.18 Å². The Kier molecular flexibility index (Phi) is 3.59. The zero-order valence-corrected chi connectivity index (χ0v) is 7.83. The van der Waals surface area contributed by atoms with Gasteiger partial charge in [0.05, 0.1) is 0 Å². The molecule has 1 atom stereocenters. The minimum absolute atomic E-state index is 0.168. The van der Waals surface area contributed by atoms with Crippen LogP contribution in [-0.2, 0) is 4.79 Å². The highest BCUT2D eigenvalue weighted by atomic mass is 19.1. The predicted molar refractivity (Wildman–Crippen MR) is 50.5 cm³/mol. The minimum atomic E-state index is -1.07. The fraction of sp³-hybridized carbons (Fsp3) is 0.300. The predicted octanol–water partition coefficient (Wildman–Crippen LogP) is 1.56. The summed E-state index contributed by atoms with van der Waals surface area (Å²) in [5, 5.41) is 11.6. The first-order valence-electron chi connectivity index (χ1n) is 4.37. The summed E-state index contributed by atoms with van der Waals surface area (Å²) in [5.74, 6) is -1.57. The number of rotatable bonds is 4. The molecule has 0 amide bonds. The molecule has 1 aromatic carbocycles. The zero-order chi connectivity index (χ0) is 10.6. The van der Waals surface area contributed by atoms with Crippen LogP contribution in [0.4, 0.5) is 4.39 Å². The average molecular weight is 197 g/mol. The molecule has 0 heterocycles. The van der Waals surface area contributed by atoms with E-state index < -0.39 is 17.8 Å². The summed E-state index contributed by atoms with van der Waals surface area (Å²) in [5.41, 5.74) is 0.168. The van der Waals surface area contributed by atoms with Crippen LogP contribution in [-0.4, -0.2) is 17.6 Å². The Labute approximate surface area is 81.6 Å². The maximum Gasteiger partial charge on any atom is 0.325 e. The summed E-state index contributed by atoms with van der Waals surface area (Å²) in [7, 11) is 0. The Morgan fingerprint density at radius 3 is 2.71 bits per heavy atom. The number of aliphatic carboxylic acids is 1. The van der Waals surface area contributed by atoms with Crippen molar-refractivity contribution in [3.8, 4) is 0 Å². The van der Waals surface area contributed by atoms with Crippen LogP contribution in [0.2, 0.25) is 0 Å². The van der Waals surface area contributed by atoms with E-state index in [0.29, 0.717) is 6.54 Å². The second-order valence-corrected chi connectivity index (χ2v) is 2.85. The molecule has 0 saturated heterocycles. The number of carbonyl (C=O) groups is 1. The molecule has 76 valence electrons. The third-order valence-corrected chi connectivity index (χ3v) is 1.87. The van der Waals surface area contributed by atoms with Crippen LogP contribution in [0.5, 0.6) is 0 Å². The Bertz CT molecular complexity index is 328. The molecule has 4 heteroatoms. The van der Waals surface area contributed by atoms with Crippen molar-refractivity contribution in [2.45, 2.75) is 13.0 Å². The molecule has 0 spiro atoms. The summed E-state index contributed by atoms with van der Waals surface area (Å²) in [6, 6.07) is 4.90. The first-order chi connectivity index (χ1) is 6.66. The van der Waals surface area contributed by atoms with Gasteiger partial charge in [0.1, 0.15) is 11.9 Å². The number of carboxylic acid groups (broad SMARTS) is 1.